The van der Waals surface area contributed by atoms with Crippen LogP contribution in [0.5, 0.6) is 0 Å². The summed E-state index contributed by atoms with van der Waals surface area (Å²) in [7, 11) is 3.40. The molecule has 0 aliphatic heterocycles. The lowest BCUT2D eigenvalue weighted by atomic mass is 9.76. The minimum Gasteiger partial charge on any atom is -0.391 e. The van der Waals surface area contributed by atoms with Crippen LogP contribution in [0.15, 0.2) is 35.4 Å². The number of aliphatic hydroxyl groups excluding tert-OH is 1. The summed E-state index contributed by atoms with van der Waals surface area (Å²) in [5.74, 6) is 0.717. The Labute approximate surface area is 208 Å². The van der Waals surface area contributed by atoms with E-state index in [1.165, 1.54) is 6.20 Å². The third-order valence-corrected chi connectivity index (χ3v) is 7.70. The van der Waals surface area contributed by atoms with Gasteiger partial charge in [0.25, 0.3) is 11.5 Å². The van der Waals surface area contributed by atoms with Crippen LogP contribution in [-0.2, 0) is 4.74 Å². The molecular formula is C25H33N7O4. The van der Waals surface area contributed by atoms with Gasteiger partial charge in [0.1, 0.15) is 22.9 Å². The van der Waals surface area contributed by atoms with Crippen LogP contribution in [0.4, 0.5) is 17.3 Å². The normalized spacial score (nSPS) is 25.8. The predicted molar refractivity (Wildman–Crippen MR) is 136 cm³/mol. The van der Waals surface area contributed by atoms with Crippen LogP contribution in [0.25, 0.3) is 5.65 Å². The first-order chi connectivity index (χ1) is 17.3. The van der Waals surface area contributed by atoms with Crippen molar-refractivity contribution < 1.29 is 14.6 Å². The summed E-state index contributed by atoms with van der Waals surface area (Å²) in [5, 5.41) is 24.0. The molecule has 2 aliphatic carbocycles. The lowest BCUT2D eigenvalue weighted by molar-refractivity contribution is -0.0828. The average molecular weight is 496 g/mol. The summed E-state index contributed by atoms with van der Waals surface area (Å²) in [6.45, 7) is 1.98. The largest absolute Gasteiger partial charge is 0.391 e. The van der Waals surface area contributed by atoms with Crippen LogP contribution in [0.2, 0.25) is 0 Å². The minimum atomic E-state index is -0.541. The summed E-state index contributed by atoms with van der Waals surface area (Å²) in [4.78, 5) is 31.0. The Morgan fingerprint density at radius 3 is 2.78 bits per heavy atom. The number of ether oxygens (including phenoxy) is 1. The first-order valence-corrected chi connectivity index (χ1v) is 12.4. The van der Waals surface area contributed by atoms with E-state index in [1.807, 2.05) is 6.92 Å². The van der Waals surface area contributed by atoms with Crippen molar-refractivity contribution in [3.8, 4) is 0 Å². The molecule has 0 aromatic carbocycles. The smallest absolute Gasteiger partial charge is 0.274 e. The predicted octanol–water partition coefficient (Wildman–Crippen LogP) is 2.45. The Bertz CT molecular complexity index is 1330. The zero-order valence-corrected chi connectivity index (χ0v) is 20.8. The zero-order chi connectivity index (χ0) is 25.4. The van der Waals surface area contributed by atoms with Gasteiger partial charge in [-0.25, -0.2) is 4.98 Å². The van der Waals surface area contributed by atoms with E-state index in [2.05, 4.69) is 26.0 Å². The molecule has 3 heterocycles. The van der Waals surface area contributed by atoms with Gasteiger partial charge in [0.15, 0.2) is 5.65 Å². The van der Waals surface area contributed by atoms with Crippen molar-refractivity contribution in [2.75, 3.05) is 24.8 Å². The fourth-order valence-electron chi connectivity index (χ4n) is 5.19. The number of carbonyl (C=O) groups is 1. The van der Waals surface area contributed by atoms with E-state index in [4.69, 9.17) is 4.74 Å². The zero-order valence-electron chi connectivity index (χ0n) is 20.8. The Hall–Kier alpha value is -3.44. The average Bonchev–Trinajstić information content (AvgIpc) is 3.31. The van der Waals surface area contributed by atoms with Crippen molar-refractivity contribution >= 4 is 28.9 Å². The molecule has 1 amide bonds. The highest BCUT2D eigenvalue weighted by Crippen LogP contribution is 2.35. The van der Waals surface area contributed by atoms with Gasteiger partial charge in [-0.3, -0.25) is 9.59 Å². The van der Waals surface area contributed by atoms with E-state index >= 15 is 0 Å². The van der Waals surface area contributed by atoms with Crippen molar-refractivity contribution in [1.29, 1.82) is 0 Å². The van der Waals surface area contributed by atoms with Crippen molar-refractivity contribution in [1.82, 2.24) is 24.5 Å². The number of hydrogen-bond acceptors (Lipinski definition) is 8. The van der Waals surface area contributed by atoms with Gasteiger partial charge in [-0.15, -0.1) is 0 Å². The molecule has 2 fully saturated rings. The van der Waals surface area contributed by atoms with E-state index in [0.29, 0.717) is 35.0 Å². The molecule has 36 heavy (non-hydrogen) atoms. The lowest BCUT2D eigenvalue weighted by Crippen LogP contribution is -2.59. The number of rotatable bonds is 7. The summed E-state index contributed by atoms with van der Waals surface area (Å²) in [6.07, 6.45) is 7.78. The summed E-state index contributed by atoms with van der Waals surface area (Å²) in [6, 6.07) is 4.86. The first-order valence-electron chi connectivity index (χ1n) is 12.4. The van der Waals surface area contributed by atoms with Gasteiger partial charge >= 0.3 is 0 Å². The Morgan fingerprint density at radius 1 is 1.28 bits per heavy atom. The highest BCUT2D eigenvalue weighted by Gasteiger charge is 2.44. The van der Waals surface area contributed by atoms with Gasteiger partial charge in [-0.1, -0.05) is 12.8 Å². The molecule has 11 nitrogen and oxygen atoms in total. The second-order valence-corrected chi connectivity index (χ2v) is 9.83. The number of nitrogens with one attached hydrogen (secondary N) is 3. The molecule has 0 unspecified atom stereocenters. The molecule has 4 N–H and O–H groups in total. The summed E-state index contributed by atoms with van der Waals surface area (Å²) >= 11 is 0. The van der Waals surface area contributed by atoms with E-state index in [-0.39, 0.29) is 29.2 Å². The molecule has 11 heteroatoms. The third kappa shape index (κ3) is 4.22. The molecule has 0 saturated heterocycles. The fourth-order valence-corrected chi connectivity index (χ4v) is 5.19. The van der Waals surface area contributed by atoms with Crippen molar-refractivity contribution in [3.63, 3.8) is 0 Å². The molecule has 0 radical (unpaired) electrons. The van der Waals surface area contributed by atoms with Crippen LogP contribution in [-0.4, -0.2) is 62.1 Å². The molecule has 3 aromatic heterocycles. The van der Waals surface area contributed by atoms with Crippen LogP contribution >= 0.6 is 0 Å². The number of amides is 1. The van der Waals surface area contributed by atoms with Gasteiger partial charge < -0.3 is 30.4 Å². The second kappa shape index (κ2) is 9.55. The van der Waals surface area contributed by atoms with Crippen molar-refractivity contribution in [2.45, 2.75) is 69.2 Å². The molecule has 0 spiro atoms. The van der Waals surface area contributed by atoms with E-state index in [9.17, 15) is 14.7 Å². The monoisotopic (exact) mass is 495 g/mol. The van der Waals surface area contributed by atoms with Gasteiger partial charge in [0.2, 0.25) is 0 Å². The number of carbonyl (C=O) groups excluding carboxylic acids is 1. The quantitative estimate of drug-likeness (QED) is 0.393. The molecule has 4 atom stereocenters. The number of methoxy groups -OCH3 is 1. The van der Waals surface area contributed by atoms with E-state index < -0.39 is 6.10 Å². The number of aromatic nitrogens is 4. The highest BCUT2D eigenvalue weighted by molar-refractivity contribution is 6.00. The summed E-state index contributed by atoms with van der Waals surface area (Å²) in [5.41, 5.74) is 0.417. The molecule has 3 aromatic rings. The number of hydrogen-bond donors (Lipinski definition) is 4. The fraction of sp³-hybridized carbons (Fsp3) is 0.520. The standard InChI is InChI=1S/C25H33N7O4/c1-25(36-3)11-10-19(25)29-23(34)15-14-27-32-21(26-2)13-20(30-22(15)32)28-16-7-6-12-31(24(16)35)17-8-4-5-9-18(17)33/h6-7,12-14,17-19,26,33H,4-5,8-11H2,1-3H3,(H,28,30)(H,29,34)/t17-,18+,19+,25+/m0/s1. The Balaban J connectivity index is 1.45. The minimum absolute atomic E-state index is 0.0899. The van der Waals surface area contributed by atoms with Crippen LogP contribution < -0.4 is 21.5 Å². The van der Waals surface area contributed by atoms with Gasteiger partial charge in [0.05, 0.1) is 30.0 Å². The topological polar surface area (TPSA) is 135 Å². The maximum Gasteiger partial charge on any atom is 0.274 e. The van der Waals surface area contributed by atoms with Crippen molar-refractivity contribution in [2.24, 2.45) is 0 Å². The van der Waals surface area contributed by atoms with Crippen LogP contribution in [0.1, 0.15) is 61.8 Å². The van der Waals surface area contributed by atoms with Crippen LogP contribution in [0, 0.1) is 0 Å². The van der Waals surface area contributed by atoms with Crippen LogP contribution in [0.3, 0.4) is 0 Å². The summed E-state index contributed by atoms with van der Waals surface area (Å²) < 4.78 is 8.72. The number of fused-ring (bicyclic) bond motifs is 1. The number of nitrogens with zero attached hydrogens (tertiary/aromatic N) is 4. The number of pyridine rings is 1. The maximum absolute atomic E-state index is 13.3. The SMILES string of the molecule is CNc1cc(Nc2cccn([C@H]3CCCC[C@H]3O)c2=O)nc2c(C(=O)N[C@@H]3CC[C@@]3(C)OC)cnn12. The van der Waals surface area contributed by atoms with E-state index in [0.717, 1.165) is 32.1 Å². The van der Waals surface area contributed by atoms with Gasteiger partial charge in [-0.05, 0) is 44.7 Å². The number of anilines is 3. The first kappa shape index (κ1) is 24.3. The lowest BCUT2D eigenvalue weighted by Gasteiger charge is -2.45. The highest BCUT2D eigenvalue weighted by atomic mass is 16.5. The number of aliphatic hydroxyl groups is 1. The molecular weight excluding hydrogens is 462 g/mol. The Morgan fingerprint density at radius 2 is 2.08 bits per heavy atom. The van der Waals surface area contributed by atoms with Gasteiger partial charge in [-0.2, -0.15) is 9.61 Å². The van der Waals surface area contributed by atoms with Gasteiger partial charge in [0, 0.05) is 26.4 Å². The molecule has 192 valence electrons. The molecule has 0 bridgehead atoms. The van der Waals surface area contributed by atoms with Crippen molar-refractivity contribution in [3.05, 3.63) is 46.5 Å². The maximum atomic E-state index is 13.3. The molecule has 5 rings (SSSR count). The van der Waals surface area contributed by atoms with E-state index in [1.54, 1.807) is 47.6 Å². The Kier molecular flexibility index (Phi) is 6.44. The molecule has 2 saturated carbocycles. The second-order valence-electron chi connectivity index (χ2n) is 9.83. The third-order valence-electron chi connectivity index (χ3n) is 7.70. The molecule has 2 aliphatic rings.